The molecule has 3 aromatic rings. The SMILES string of the molecule is CN(C)CCNC(=O)c1ccnc(Oc2cccc(NC(=O)Nc3ccc(Cl)c(C(F)(F)F)c3)c2)c1. The molecule has 3 N–H and O–H groups in total. The summed E-state index contributed by atoms with van der Waals surface area (Å²) in [6.45, 7) is 1.17. The van der Waals surface area contributed by atoms with Crippen molar-refractivity contribution in [2.24, 2.45) is 0 Å². The zero-order chi connectivity index (χ0) is 26.3. The highest BCUT2D eigenvalue weighted by atomic mass is 35.5. The summed E-state index contributed by atoms with van der Waals surface area (Å²) >= 11 is 5.60. The number of hydrogen-bond acceptors (Lipinski definition) is 5. The number of carbonyl (C=O) groups is 2. The van der Waals surface area contributed by atoms with Gasteiger partial charge in [0.25, 0.3) is 5.91 Å². The van der Waals surface area contributed by atoms with Gasteiger partial charge in [0.05, 0.1) is 10.6 Å². The molecule has 1 heterocycles. The van der Waals surface area contributed by atoms with Crippen LogP contribution in [0, 0.1) is 0 Å². The maximum absolute atomic E-state index is 13.0. The van der Waals surface area contributed by atoms with Crippen LogP contribution in [0.1, 0.15) is 15.9 Å². The van der Waals surface area contributed by atoms with Crippen LogP contribution in [0.3, 0.4) is 0 Å². The van der Waals surface area contributed by atoms with Crippen LogP contribution in [0.25, 0.3) is 0 Å². The van der Waals surface area contributed by atoms with E-state index in [1.54, 1.807) is 24.3 Å². The number of nitrogens with zero attached hydrogens (tertiary/aromatic N) is 2. The molecule has 0 bridgehead atoms. The number of hydrogen-bond donors (Lipinski definition) is 3. The summed E-state index contributed by atoms with van der Waals surface area (Å²) in [5, 5.41) is 7.18. The van der Waals surface area contributed by atoms with Gasteiger partial charge in [-0.05, 0) is 50.5 Å². The first kappa shape index (κ1) is 26.8. The van der Waals surface area contributed by atoms with Crippen molar-refractivity contribution in [1.82, 2.24) is 15.2 Å². The maximum Gasteiger partial charge on any atom is 0.417 e. The largest absolute Gasteiger partial charge is 0.439 e. The van der Waals surface area contributed by atoms with Gasteiger partial charge in [-0.1, -0.05) is 17.7 Å². The molecule has 0 saturated heterocycles. The molecule has 0 saturated carbocycles. The Hall–Kier alpha value is -3.83. The number of urea groups is 1. The third kappa shape index (κ3) is 7.85. The Bertz CT molecular complexity index is 1240. The molecule has 1 aromatic heterocycles. The number of aromatic nitrogens is 1. The van der Waals surface area contributed by atoms with E-state index in [1.165, 1.54) is 24.4 Å². The van der Waals surface area contributed by atoms with Crippen molar-refractivity contribution in [1.29, 1.82) is 0 Å². The van der Waals surface area contributed by atoms with Crippen molar-refractivity contribution >= 4 is 34.9 Å². The number of likely N-dealkylation sites (N-methyl/N-ethyl adjacent to an activating group) is 1. The first-order chi connectivity index (χ1) is 17.0. The summed E-state index contributed by atoms with van der Waals surface area (Å²) < 4.78 is 44.8. The summed E-state index contributed by atoms with van der Waals surface area (Å²) in [5.74, 6) is 0.209. The molecule has 0 aliphatic rings. The van der Waals surface area contributed by atoms with E-state index in [0.717, 1.165) is 12.1 Å². The van der Waals surface area contributed by atoms with Gasteiger partial charge in [0.2, 0.25) is 5.88 Å². The molecule has 0 unspecified atom stereocenters. The molecule has 0 atom stereocenters. The summed E-state index contributed by atoms with van der Waals surface area (Å²) in [4.78, 5) is 30.7. The molecule has 0 radical (unpaired) electrons. The lowest BCUT2D eigenvalue weighted by molar-refractivity contribution is -0.137. The number of alkyl halides is 3. The Morgan fingerprint density at radius 1 is 1.03 bits per heavy atom. The molecule has 0 spiro atoms. The molecule has 12 heteroatoms. The molecule has 3 rings (SSSR count). The highest BCUT2D eigenvalue weighted by molar-refractivity contribution is 6.31. The van der Waals surface area contributed by atoms with Gasteiger partial charge in [-0.3, -0.25) is 4.79 Å². The number of pyridine rings is 1. The van der Waals surface area contributed by atoms with Crippen molar-refractivity contribution in [3.63, 3.8) is 0 Å². The number of carbonyl (C=O) groups excluding carboxylic acids is 2. The van der Waals surface area contributed by atoms with Gasteiger partial charge in [0, 0.05) is 48.4 Å². The number of amides is 3. The zero-order valence-corrected chi connectivity index (χ0v) is 20.1. The lowest BCUT2D eigenvalue weighted by Gasteiger charge is -2.13. The van der Waals surface area contributed by atoms with Crippen LogP contribution in [-0.4, -0.2) is 49.0 Å². The lowest BCUT2D eigenvalue weighted by Crippen LogP contribution is -2.31. The third-order valence-electron chi connectivity index (χ3n) is 4.69. The fourth-order valence-electron chi connectivity index (χ4n) is 2.97. The Balaban J connectivity index is 1.63. The molecule has 8 nitrogen and oxygen atoms in total. The van der Waals surface area contributed by atoms with Crippen molar-refractivity contribution in [2.45, 2.75) is 6.18 Å². The third-order valence-corrected chi connectivity index (χ3v) is 5.02. The van der Waals surface area contributed by atoms with Gasteiger partial charge < -0.3 is 25.6 Å². The molecular weight excluding hydrogens is 499 g/mol. The van der Waals surface area contributed by atoms with Crippen LogP contribution in [0.5, 0.6) is 11.6 Å². The number of nitrogens with one attached hydrogen (secondary N) is 3. The Labute approximate surface area is 210 Å². The predicted molar refractivity (Wildman–Crippen MR) is 131 cm³/mol. The van der Waals surface area contributed by atoms with Crippen molar-refractivity contribution in [3.8, 4) is 11.6 Å². The fraction of sp³-hybridized carbons (Fsp3) is 0.208. The topological polar surface area (TPSA) is 95.6 Å². The number of ether oxygens (including phenoxy) is 1. The second-order valence-corrected chi connectivity index (χ2v) is 8.25. The second kappa shape index (κ2) is 11.7. The minimum absolute atomic E-state index is 0.0819. The van der Waals surface area contributed by atoms with E-state index in [2.05, 4.69) is 20.9 Å². The van der Waals surface area contributed by atoms with Crippen molar-refractivity contribution in [2.75, 3.05) is 37.8 Å². The molecule has 0 aliphatic carbocycles. The summed E-state index contributed by atoms with van der Waals surface area (Å²) in [7, 11) is 3.80. The summed E-state index contributed by atoms with van der Waals surface area (Å²) in [6.07, 6.45) is -3.22. The van der Waals surface area contributed by atoms with Crippen LogP contribution in [0.15, 0.2) is 60.8 Å². The highest BCUT2D eigenvalue weighted by Gasteiger charge is 2.33. The first-order valence-electron chi connectivity index (χ1n) is 10.6. The van der Waals surface area contributed by atoms with E-state index in [9.17, 15) is 22.8 Å². The van der Waals surface area contributed by atoms with Gasteiger partial charge in [0.15, 0.2) is 0 Å². The van der Waals surface area contributed by atoms with Crippen LogP contribution in [0.2, 0.25) is 5.02 Å². The molecule has 190 valence electrons. The normalized spacial score (nSPS) is 11.2. The molecule has 0 aliphatic heterocycles. The standard InChI is InChI=1S/C24H23ClF3N5O3/c1-33(2)11-10-30-22(34)15-8-9-29-21(12-15)36-18-5-3-4-16(13-18)31-23(35)32-17-6-7-20(25)19(14-17)24(26,27)28/h3-9,12-14H,10-11H2,1-2H3,(H,30,34)(H2,31,32,35). The first-order valence-corrected chi connectivity index (χ1v) is 11.0. The average molecular weight is 522 g/mol. The molecule has 3 amide bonds. The van der Waals surface area contributed by atoms with E-state index in [0.29, 0.717) is 30.1 Å². The smallest absolute Gasteiger partial charge is 0.417 e. The van der Waals surface area contributed by atoms with E-state index in [1.807, 2.05) is 19.0 Å². The number of halogens is 4. The van der Waals surface area contributed by atoms with Gasteiger partial charge in [-0.15, -0.1) is 0 Å². The molecule has 2 aromatic carbocycles. The van der Waals surface area contributed by atoms with Crippen molar-refractivity contribution in [3.05, 3.63) is 76.9 Å². The van der Waals surface area contributed by atoms with Crippen LogP contribution < -0.4 is 20.7 Å². The monoisotopic (exact) mass is 521 g/mol. The minimum Gasteiger partial charge on any atom is -0.439 e. The van der Waals surface area contributed by atoms with Gasteiger partial charge in [-0.25, -0.2) is 9.78 Å². The second-order valence-electron chi connectivity index (χ2n) is 7.84. The minimum atomic E-state index is -4.66. The van der Waals surface area contributed by atoms with Crippen LogP contribution in [0.4, 0.5) is 29.3 Å². The summed E-state index contributed by atoms with van der Waals surface area (Å²) in [6, 6.07) is 11.6. The van der Waals surface area contributed by atoms with Gasteiger partial charge in [0.1, 0.15) is 5.75 Å². The molecular formula is C24H23ClF3N5O3. The van der Waals surface area contributed by atoms with E-state index in [4.69, 9.17) is 16.3 Å². The predicted octanol–water partition coefficient (Wildman–Crippen LogP) is 5.48. The Morgan fingerprint density at radius 2 is 1.75 bits per heavy atom. The maximum atomic E-state index is 13.0. The lowest BCUT2D eigenvalue weighted by atomic mass is 10.2. The van der Waals surface area contributed by atoms with Crippen LogP contribution in [-0.2, 0) is 6.18 Å². The van der Waals surface area contributed by atoms with Crippen molar-refractivity contribution < 1.29 is 27.5 Å². The summed E-state index contributed by atoms with van der Waals surface area (Å²) in [5.41, 5.74) is -0.457. The molecule has 36 heavy (non-hydrogen) atoms. The average Bonchev–Trinajstić information content (AvgIpc) is 2.79. The number of benzene rings is 2. The Kier molecular flexibility index (Phi) is 8.73. The fourth-order valence-corrected chi connectivity index (χ4v) is 3.20. The van der Waals surface area contributed by atoms with E-state index >= 15 is 0 Å². The quantitative estimate of drug-likeness (QED) is 0.365. The molecule has 0 fully saturated rings. The van der Waals surface area contributed by atoms with Gasteiger partial charge in [-0.2, -0.15) is 13.2 Å². The number of rotatable bonds is 8. The van der Waals surface area contributed by atoms with Gasteiger partial charge >= 0.3 is 12.2 Å². The highest BCUT2D eigenvalue weighted by Crippen LogP contribution is 2.36. The van der Waals surface area contributed by atoms with E-state index in [-0.39, 0.29) is 17.5 Å². The number of anilines is 2. The Morgan fingerprint density at radius 3 is 2.44 bits per heavy atom. The van der Waals surface area contributed by atoms with E-state index < -0.39 is 22.8 Å². The zero-order valence-electron chi connectivity index (χ0n) is 19.3. The van der Waals surface area contributed by atoms with Crippen LogP contribution >= 0.6 is 11.6 Å².